The van der Waals surface area contributed by atoms with Gasteiger partial charge in [0.15, 0.2) is 0 Å². The van der Waals surface area contributed by atoms with Crippen molar-refractivity contribution in [3.8, 4) is 5.75 Å². The smallest absolute Gasteiger partial charge is 0.119 e. The van der Waals surface area contributed by atoms with Gasteiger partial charge in [0.2, 0.25) is 0 Å². The van der Waals surface area contributed by atoms with Crippen LogP contribution in [0.2, 0.25) is 0 Å². The molecule has 0 saturated carbocycles. The zero-order chi connectivity index (χ0) is 8.55. The molecule has 0 unspecified atom stereocenters. The topological polar surface area (TPSA) is 23.5 Å². The predicted octanol–water partition coefficient (Wildman–Crippen LogP) is 1.42. The van der Waals surface area contributed by atoms with Crippen LogP contribution in [0, 0.1) is 0 Å². The molecule has 2 rings (SSSR count). The summed E-state index contributed by atoms with van der Waals surface area (Å²) in [5, 5.41) is 9.51. The Morgan fingerprint density at radius 1 is 1.33 bits per heavy atom. The number of rotatable bonds is 1. The van der Waals surface area contributed by atoms with Gasteiger partial charge in [-0.3, -0.25) is 0 Å². The van der Waals surface area contributed by atoms with Crippen LogP contribution < -0.4 is 0 Å². The first-order chi connectivity index (χ1) is 5.77. The maximum atomic E-state index is 9.51. The average Bonchev–Trinajstić information content (AvgIpc) is 2.01. The minimum atomic E-state index is 0.440. The summed E-state index contributed by atoms with van der Waals surface area (Å²) in [6, 6.07) is 7.61. The monoisotopic (exact) mass is 163 g/mol. The minimum Gasteiger partial charge on any atom is -0.508 e. The summed E-state index contributed by atoms with van der Waals surface area (Å²) < 4.78 is 0. The molecule has 1 saturated heterocycles. The quantitative estimate of drug-likeness (QED) is 0.676. The lowest BCUT2D eigenvalue weighted by Crippen LogP contribution is -2.41. The Bertz CT molecular complexity index is 279. The van der Waals surface area contributed by atoms with Crippen molar-refractivity contribution in [2.75, 3.05) is 20.1 Å². The molecule has 1 heterocycles. The molecule has 1 aliphatic heterocycles. The van der Waals surface area contributed by atoms with E-state index < -0.39 is 0 Å². The second-order valence-electron chi connectivity index (χ2n) is 3.48. The standard InChI is InChI=1S/C10H13NO/c1-11-6-8(7-11)9-4-2-3-5-10(9)12/h2-5,8,12H,6-7H2,1H3. The number of nitrogens with zero attached hydrogens (tertiary/aromatic N) is 1. The number of benzene rings is 1. The number of phenols is 1. The third-order valence-corrected chi connectivity index (χ3v) is 2.44. The molecular weight excluding hydrogens is 150 g/mol. The van der Waals surface area contributed by atoms with E-state index in [9.17, 15) is 5.11 Å². The van der Waals surface area contributed by atoms with E-state index in [0.29, 0.717) is 11.7 Å². The third-order valence-electron chi connectivity index (χ3n) is 2.44. The van der Waals surface area contributed by atoms with Crippen molar-refractivity contribution in [3.63, 3.8) is 0 Å². The molecule has 2 heteroatoms. The van der Waals surface area contributed by atoms with E-state index in [1.54, 1.807) is 6.07 Å². The maximum Gasteiger partial charge on any atom is 0.119 e. The van der Waals surface area contributed by atoms with E-state index in [-0.39, 0.29) is 0 Å². The van der Waals surface area contributed by atoms with Crippen LogP contribution in [0.5, 0.6) is 5.75 Å². The summed E-state index contributed by atoms with van der Waals surface area (Å²) in [7, 11) is 2.09. The van der Waals surface area contributed by atoms with Gasteiger partial charge < -0.3 is 10.0 Å². The molecule has 0 bridgehead atoms. The highest BCUT2D eigenvalue weighted by molar-refractivity contribution is 5.36. The molecular formula is C10H13NO. The molecule has 1 N–H and O–H groups in total. The summed E-state index contributed by atoms with van der Waals surface area (Å²) in [6.45, 7) is 2.13. The number of phenolic OH excluding ortho intramolecular Hbond substituents is 1. The Labute approximate surface area is 72.4 Å². The van der Waals surface area contributed by atoms with Crippen LogP contribution in [0.3, 0.4) is 0 Å². The molecule has 12 heavy (non-hydrogen) atoms. The van der Waals surface area contributed by atoms with E-state index in [2.05, 4.69) is 11.9 Å². The van der Waals surface area contributed by atoms with Crippen molar-refractivity contribution in [2.45, 2.75) is 5.92 Å². The largest absolute Gasteiger partial charge is 0.508 e. The van der Waals surface area contributed by atoms with E-state index in [1.807, 2.05) is 18.2 Å². The summed E-state index contributed by atoms with van der Waals surface area (Å²) in [5.74, 6) is 0.979. The van der Waals surface area contributed by atoms with Crippen LogP contribution in [0.1, 0.15) is 11.5 Å². The number of aromatic hydroxyl groups is 1. The molecule has 1 fully saturated rings. The number of hydrogen-bond donors (Lipinski definition) is 1. The van der Waals surface area contributed by atoms with Crippen LogP contribution >= 0.6 is 0 Å². The van der Waals surface area contributed by atoms with Gasteiger partial charge in [-0.2, -0.15) is 0 Å². The summed E-state index contributed by atoms with van der Waals surface area (Å²) in [6.07, 6.45) is 0. The van der Waals surface area contributed by atoms with Crippen molar-refractivity contribution >= 4 is 0 Å². The molecule has 0 radical (unpaired) electrons. The lowest BCUT2D eigenvalue weighted by atomic mass is 9.91. The lowest BCUT2D eigenvalue weighted by molar-refractivity contribution is 0.187. The Balaban J connectivity index is 2.18. The number of likely N-dealkylation sites (N-methyl/N-ethyl adjacent to an activating group) is 1. The molecule has 1 aromatic rings. The second kappa shape index (κ2) is 2.79. The Kier molecular flexibility index (Phi) is 1.77. The lowest BCUT2D eigenvalue weighted by Gasteiger charge is -2.36. The van der Waals surface area contributed by atoms with Crippen molar-refractivity contribution in [3.05, 3.63) is 29.8 Å². The van der Waals surface area contributed by atoms with Crippen molar-refractivity contribution < 1.29 is 5.11 Å². The molecule has 1 aliphatic rings. The van der Waals surface area contributed by atoms with Crippen molar-refractivity contribution in [1.29, 1.82) is 0 Å². The fraction of sp³-hybridized carbons (Fsp3) is 0.400. The van der Waals surface area contributed by atoms with Gasteiger partial charge in [0, 0.05) is 19.0 Å². The first kappa shape index (κ1) is 7.62. The Morgan fingerprint density at radius 2 is 2.00 bits per heavy atom. The summed E-state index contributed by atoms with van der Waals surface area (Å²) in [5.41, 5.74) is 1.09. The van der Waals surface area contributed by atoms with Gasteiger partial charge >= 0.3 is 0 Å². The number of hydrogen-bond acceptors (Lipinski definition) is 2. The fourth-order valence-electron chi connectivity index (χ4n) is 1.73. The maximum absolute atomic E-state index is 9.51. The third kappa shape index (κ3) is 1.18. The SMILES string of the molecule is CN1CC(c2ccccc2O)C1. The molecule has 2 nitrogen and oxygen atoms in total. The first-order valence-corrected chi connectivity index (χ1v) is 4.24. The highest BCUT2D eigenvalue weighted by atomic mass is 16.3. The molecule has 0 aromatic heterocycles. The highest BCUT2D eigenvalue weighted by Crippen LogP contribution is 2.31. The molecule has 0 amide bonds. The molecule has 64 valence electrons. The summed E-state index contributed by atoms with van der Waals surface area (Å²) >= 11 is 0. The van der Waals surface area contributed by atoms with Crippen LogP contribution in [0.4, 0.5) is 0 Å². The minimum absolute atomic E-state index is 0.440. The Hall–Kier alpha value is -1.02. The van der Waals surface area contributed by atoms with Gasteiger partial charge in [-0.1, -0.05) is 18.2 Å². The zero-order valence-electron chi connectivity index (χ0n) is 7.20. The van der Waals surface area contributed by atoms with E-state index >= 15 is 0 Å². The molecule has 0 atom stereocenters. The first-order valence-electron chi connectivity index (χ1n) is 4.24. The fourth-order valence-corrected chi connectivity index (χ4v) is 1.73. The average molecular weight is 163 g/mol. The highest BCUT2D eigenvalue weighted by Gasteiger charge is 2.26. The van der Waals surface area contributed by atoms with E-state index in [0.717, 1.165) is 18.7 Å². The molecule has 0 aliphatic carbocycles. The van der Waals surface area contributed by atoms with Crippen LogP contribution in [0.15, 0.2) is 24.3 Å². The van der Waals surface area contributed by atoms with Gasteiger partial charge in [0.25, 0.3) is 0 Å². The van der Waals surface area contributed by atoms with Crippen molar-refractivity contribution in [2.24, 2.45) is 0 Å². The summed E-state index contributed by atoms with van der Waals surface area (Å²) in [4.78, 5) is 2.25. The second-order valence-corrected chi connectivity index (χ2v) is 3.48. The predicted molar refractivity (Wildman–Crippen MR) is 48.3 cm³/mol. The van der Waals surface area contributed by atoms with Crippen LogP contribution in [0.25, 0.3) is 0 Å². The van der Waals surface area contributed by atoms with Gasteiger partial charge in [0.1, 0.15) is 5.75 Å². The van der Waals surface area contributed by atoms with Crippen LogP contribution in [-0.4, -0.2) is 30.1 Å². The van der Waals surface area contributed by atoms with Crippen molar-refractivity contribution in [1.82, 2.24) is 4.90 Å². The molecule has 0 spiro atoms. The molecule has 1 aromatic carbocycles. The van der Waals surface area contributed by atoms with E-state index in [4.69, 9.17) is 0 Å². The number of para-hydroxylation sites is 1. The van der Waals surface area contributed by atoms with Gasteiger partial charge in [0.05, 0.1) is 0 Å². The number of likely N-dealkylation sites (tertiary alicyclic amines) is 1. The zero-order valence-corrected chi connectivity index (χ0v) is 7.20. The van der Waals surface area contributed by atoms with Gasteiger partial charge in [-0.15, -0.1) is 0 Å². The van der Waals surface area contributed by atoms with E-state index in [1.165, 1.54) is 0 Å². The van der Waals surface area contributed by atoms with Gasteiger partial charge in [-0.05, 0) is 18.7 Å². The Morgan fingerprint density at radius 3 is 2.58 bits per heavy atom. The normalized spacial score (nSPS) is 19.1. The van der Waals surface area contributed by atoms with Gasteiger partial charge in [-0.25, -0.2) is 0 Å². The van der Waals surface area contributed by atoms with Crippen LogP contribution in [-0.2, 0) is 0 Å².